The molecule has 0 saturated carbocycles. The highest BCUT2D eigenvalue weighted by Gasteiger charge is 2.34. The smallest absolute Gasteiger partial charge is 0.148 e. The zero-order chi connectivity index (χ0) is 14.1. The third-order valence-electron chi connectivity index (χ3n) is 3.77. The number of hydrogen-bond acceptors (Lipinski definition) is 4. The maximum atomic E-state index is 11.4. The second kappa shape index (κ2) is 5.47. The number of hydrogen-bond donors (Lipinski definition) is 1. The highest BCUT2D eigenvalue weighted by Crippen LogP contribution is 2.24. The Labute approximate surface area is 112 Å². The van der Waals surface area contributed by atoms with Gasteiger partial charge in [-0.3, -0.25) is 4.90 Å². The van der Waals surface area contributed by atoms with Gasteiger partial charge in [0.2, 0.25) is 0 Å². The van der Waals surface area contributed by atoms with Gasteiger partial charge in [0.05, 0.1) is 5.75 Å². The fraction of sp³-hybridized carbons (Fsp3) is 1.00. The second-order valence-corrected chi connectivity index (χ2v) is 9.00. The van der Waals surface area contributed by atoms with E-state index in [-0.39, 0.29) is 17.2 Å². The summed E-state index contributed by atoms with van der Waals surface area (Å²) in [6.45, 7) is 12.7. The first-order valence-corrected chi connectivity index (χ1v) is 8.73. The highest BCUT2D eigenvalue weighted by molar-refractivity contribution is 7.90. The largest absolute Gasteiger partial charge is 0.311 e. The summed E-state index contributed by atoms with van der Waals surface area (Å²) >= 11 is 0. The van der Waals surface area contributed by atoms with Gasteiger partial charge in [-0.15, -0.1) is 0 Å². The van der Waals surface area contributed by atoms with Crippen LogP contribution in [-0.2, 0) is 9.84 Å². The lowest BCUT2D eigenvalue weighted by molar-refractivity contribution is 0.0702. The van der Waals surface area contributed by atoms with Crippen molar-refractivity contribution in [2.45, 2.75) is 52.7 Å². The summed E-state index contributed by atoms with van der Waals surface area (Å²) in [6, 6.07) is 0.887. The molecule has 0 aromatic heterocycles. The van der Waals surface area contributed by atoms with Crippen LogP contribution in [0.25, 0.3) is 0 Å². The monoisotopic (exact) mass is 276 g/mol. The molecule has 0 amide bonds. The fourth-order valence-corrected chi connectivity index (χ4v) is 3.68. The average molecular weight is 276 g/mol. The van der Waals surface area contributed by atoms with E-state index < -0.39 is 9.84 Å². The second-order valence-electron chi connectivity index (χ2n) is 6.81. The van der Waals surface area contributed by atoms with E-state index in [1.165, 1.54) is 6.26 Å². The Bertz CT molecular complexity index is 373. The van der Waals surface area contributed by atoms with E-state index in [2.05, 4.69) is 37.9 Å². The van der Waals surface area contributed by atoms with Gasteiger partial charge >= 0.3 is 0 Å². The molecule has 1 saturated heterocycles. The van der Waals surface area contributed by atoms with Crippen molar-refractivity contribution < 1.29 is 8.42 Å². The van der Waals surface area contributed by atoms with Gasteiger partial charge in [0.15, 0.2) is 0 Å². The molecule has 0 bridgehead atoms. The van der Waals surface area contributed by atoms with Crippen LogP contribution in [0.3, 0.4) is 0 Å². The molecule has 1 rings (SSSR count). The van der Waals surface area contributed by atoms with Crippen LogP contribution in [0.15, 0.2) is 0 Å². The van der Waals surface area contributed by atoms with Gasteiger partial charge in [0.25, 0.3) is 0 Å². The number of nitrogens with zero attached hydrogens (tertiary/aromatic N) is 1. The lowest BCUT2D eigenvalue weighted by Crippen LogP contribution is -2.62. The van der Waals surface area contributed by atoms with E-state index in [0.717, 1.165) is 13.1 Å². The molecule has 108 valence electrons. The molecule has 1 heterocycles. The van der Waals surface area contributed by atoms with Gasteiger partial charge in [-0.1, -0.05) is 20.8 Å². The van der Waals surface area contributed by atoms with Gasteiger partial charge < -0.3 is 5.32 Å². The van der Waals surface area contributed by atoms with Crippen LogP contribution in [0.5, 0.6) is 0 Å². The topological polar surface area (TPSA) is 49.4 Å². The molecular formula is C13H28N2O2S. The summed E-state index contributed by atoms with van der Waals surface area (Å²) in [5, 5.41) is 3.57. The molecular weight excluding hydrogens is 248 g/mol. The van der Waals surface area contributed by atoms with Gasteiger partial charge in [-0.25, -0.2) is 8.42 Å². The van der Waals surface area contributed by atoms with Crippen molar-refractivity contribution in [3.05, 3.63) is 0 Å². The van der Waals surface area contributed by atoms with E-state index in [9.17, 15) is 8.42 Å². The molecule has 0 aromatic rings. The highest BCUT2D eigenvalue weighted by atomic mass is 32.2. The lowest BCUT2D eigenvalue weighted by atomic mass is 9.84. The third-order valence-corrected chi connectivity index (χ3v) is 4.86. The molecule has 1 fully saturated rings. The number of rotatable bonds is 3. The third kappa shape index (κ3) is 4.52. The van der Waals surface area contributed by atoms with Crippen LogP contribution < -0.4 is 5.32 Å². The van der Waals surface area contributed by atoms with E-state index >= 15 is 0 Å². The number of nitrogens with one attached hydrogen (secondary N) is 1. The van der Waals surface area contributed by atoms with Gasteiger partial charge in [-0.2, -0.15) is 0 Å². The zero-order valence-corrected chi connectivity index (χ0v) is 13.3. The minimum Gasteiger partial charge on any atom is -0.311 e. The van der Waals surface area contributed by atoms with Crippen molar-refractivity contribution in [1.29, 1.82) is 0 Å². The molecule has 1 aliphatic rings. The first-order chi connectivity index (χ1) is 8.00. The molecule has 1 N–H and O–H groups in total. The van der Waals surface area contributed by atoms with Crippen molar-refractivity contribution in [3.63, 3.8) is 0 Å². The zero-order valence-electron chi connectivity index (χ0n) is 12.5. The Morgan fingerprint density at radius 2 is 1.94 bits per heavy atom. The minimum atomic E-state index is -2.91. The van der Waals surface area contributed by atoms with Gasteiger partial charge in [-0.05, 0) is 19.3 Å². The number of sulfone groups is 1. The Hall–Kier alpha value is -0.130. The normalized spacial score (nSPS) is 29.2. The Kier molecular flexibility index (Phi) is 4.84. The van der Waals surface area contributed by atoms with Crippen molar-refractivity contribution >= 4 is 9.84 Å². The van der Waals surface area contributed by atoms with Gasteiger partial charge in [0, 0.05) is 37.5 Å². The van der Waals surface area contributed by atoms with Crippen LogP contribution in [0.2, 0.25) is 0 Å². The first kappa shape index (κ1) is 15.9. The van der Waals surface area contributed by atoms with Crippen LogP contribution >= 0.6 is 0 Å². The van der Waals surface area contributed by atoms with E-state index in [1.807, 2.05) is 6.92 Å². The number of piperazine rings is 1. The predicted octanol–water partition coefficient (Wildman–Crippen LogP) is 1.13. The van der Waals surface area contributed by atoms with Crippen LogP contribution in [0.1, 0.15) is 34.6 Å². The van der Waals surface area contributed by atoms with E-state index in [4.69, 9.17) is 0 Å². The van der Waals surface area contributed by atoms with Crippen molar-refractivity contribution in [2.75, 3.05) is 25.1 Å². The Morgan fingerprint density at radius 3 is 2.39 bits per heavy atom. The maximum Gasteiger partial charge on any atom is 0.148 e. The molecule has 3 unspecified atom stereocenters. The first-order valence-electron chi connectivity index (χ1n) is 6.67. The summed E-state index contributed by atoms with van der Waals surface area (Å²) in [5.41, 5.74) is 0.198. The Morgan fingerprint density at radius 1 is 1.39 bits per heavy atom. The lowest BCUT2D eigenvalue weighted by Gasteiger charge is -2.46. The summed E-state index contributed by atoms with van der Waals surface area (Å²) in [4.78, 5) is 2.33. The Balaban J connectivity index is 2.73. The molecule has 18 heavy (non-hydrogen) atoms. The molecule has 1 aliphatic heterocycles. The molecule has 3 atom stereocenters. The maximum absolute atomic E-state index is 11.4. The van der Waals surface area contributed by atoms with Crippen molar-refractivity contribution in [1.82, 2.24) is 10.2 Å². The molecule has 0 aliphatic carbocycles. The van der Waals surface area contributed by atoms with Crippen LogP contribution in [0, 0.1) is 5.41 Å². The predicted molar refractivity (Wildman–Crippen MR) is 76.6 cm³/mol. The SMILES string of the molecule is CC1CNC(C(C)(C)C)CN1C(C)CS(C)(=O)=O. The average Bonchev–Trinajstić information content (AvgIpc) is 2.13. The minimum absolute atomic E-state index is 0.0851. The van der Waals surface area contributed by atoms with Crippen molar-refractivity contribution in [3.8, 4) is 0 Å². The van der Waals surface area contributed by atoms with E-state index in [1.54, 1.807) is 0 Å². The van der Waals surface area contributed by atoms with Crippen molar-refractivity contribution in [2.24, 2.45) is 5.41 Å². The van der Waals surface area contributed by atoms with E-state index in [0.29, 0.717) is 12.1 Å². The molecule has 4 nitrogen and oxygen atoms in total. The van der Waals surface area contributed by atoms with Gasteiger partial charge in [0.1, 0.15) is 9.84 Å². The fourth-order valence-electron chi connectivity index (χ4n) is 2.61. The summed E-state index contributed by atoms with van der Waals surface area (Å²) in [5.74, 6) is 0.244. The molecule has 0 radical (unpaired) electrons. The quantitative estimate of drug-likeness (QED) is 0.839. The molecule has 0 spiro atoms. The summed E-state index contributed by atoms with van der Waals surface area (Å²) < 4.78 is 22.9. The van der Waals surface area contributed by atoms with Crippen LogP contribution in [-0.4, -0.2) is 56.5 Å². The van der Waals surface area contributed by atoms with Crippen LogP contribution in [0.4, 0.5) is 0 Å². The standard InChI is InChI=1S/C13H28N2O2S/c1-10-7-14-12(13(3,4)5)8-15(10)11(2)9-18(6,16)17/h10-12,14H,7-9H2,1-6H3. The summed E-state index contributed by atoms with van der Waals surface area (Å²) in [6.07, 6.45) is 1.32. The summed E-state index contributed by atoms with van der Waals surface area (Å²) in [7, 11) is -2.91. The molecule has 5 heteroatoms. The molecule has 0 aromatic carbocycles.